The first-order valence-corrected chi connectivity index (χ1v) is 14.4. The zero-order valence-corrected chi connectivity index (χ0v) is 21.9. The molecule has 0 heterocycles. The molecule has 0 radical (unpaired) electrons. The number of ether oxygens (including phenoxy) is 1. The summed E-state index contributed by atoms with van der Waals surface area (Å²) in [5.41, 5.74) is 1.40. The zero-order valence-electron chi connectivity index (χ0n) is 21.9. The van der Waals surface area contributed by atoms with Gasteiger partial charge < -0.3 is 4.74 Å². The Balaban J connectivity index is 1.36. The van der Waals surface area contributed by atoms with E-state index in [2.05, 4.69) is 38.1 Å². The largest absolute Gasteiger partial charge is 0.494 e. The van der Waals surface area contributed by atoms with Gasteiger partial charge in [0.15, 0.2) is 0 Å². The number of Topliss-reactive ketones (excluding diaryl/α,β-unsaturated/α-hetero) is 2. The van der Waals surface area contributed by atoms with Crippen molar-refractivity contribution in [2.75, 3.05) is 6.61 Å². The monoisotopic (exact) mass is 468 g/mol. The summed E-state index contributed by atoms with van der Waals surface area (Å²) in [6.45, 7) is 5.25. The number of unbranched alkanes of at least 4 members (excludes halogenated alkanes) is 5. The molecular formula is C31H48O3. The van der Waals surface area contributed by atoms with Crippen LogP contribution in [-0.4, -0.2) is 18.2 Å². The predicted molar refractivity (Wildman–Crippen MR) is 140 cm³/mol. The Morgan fingerprint density at radius 3 is 2.18 bits per heavy atom. The smallest absolute Gasteiger partial charge is 0.143 e. The van der Waals surface area contributed by atoms with Crippen LogP contribution in [0.5, 0.6) is 5.75 Å². The minimum atomic E-state index is -0.297. The van der Waals surface area contributed by atoms with Crippen LogP contribution in [-0.2, 0) is 9.59 Å². The number of ketones is 2. The Morgan fingerprint density at radius 2 is 1.50 bits per heavy atom. The van der Waals surface area contributed by atoms with Crippen molar-refractivity contribution in [2.24, 2.45) is 17.8 Å². The molecule has 3 rings (SSSR count). The molecule has 0 aliphatic heterocycles. The van der Waals surface area contributed by atoms with Crippen molar-refractivity contribution in [3.8, 4) is 5.75 Å². The second-order valence-electron chi connectivity index (χ2n) is 11.0. The summed E-state index contributed by atoms with van der Waals surface area (Å²) in [7, 11) is 0. The molecule has 1 aromatic rings. The third-order valence-corrected chi connectivity index (χ3v) is 8.30. The van der Waals surface area contributed by atoms with Gasteiger partial charge in [0, 0.05) is 12.8 Å². The van der Waals surface area contributed by atoms with E-state index in [0.29, 0.717) is 30.6 Å². The van der Waals surface area contributed by atoms with Crippen LogP contribution >= 0.6 is 0 Å². The van der Waals surface area contributed by atoms with Crippen LogP contribution in [0.25, 0.3) is 0 Å². The number of carbonyl (C=O) groups excluding carboxylic acids is 2. The molecule has 2 saturated carbocycles. The van der Waals surface area contributed by atoms with Crippen molar-refractivity contribution < 1.29 is 14.3 Å². The summed E-state index contributed by atoms with van der Waals surface area (Å²) in [4.78, 5) is 25.6. The van der Waals surface area contributed by atoms with Gasteiger partial charge in [-0.15, -0.1) is 0 Å². The van der Waals surface area contributed by atoms with Gasteiger partial charge in [-0.1, -0.05) is 70.9 Å². The molecule has 3 nitrogen and oxygen atoms in total. The number of rotatable bonds is 14. The van der Waals surface area contributed by atoms with E-state index in [1.807, 2.05) is 0 Å². The average Bonchev–Trinajstić information content (AvgIpc) is 2.85. The van der Waals surface area contributed by atoms with Crippen LogP contribution in [0.15, 0.2) is 24.3 Å². The second kappa shape index (κ2) is 14.7. The van der Waals surface area contributed by atoms with Gasteiger partial charge in [-0.25, -0.2) is 0 Å². The van der Waals surface area contributed by atoms with Crippen molar-refractivity contribution in [1.29, 1.82) is 0 Å². The molecule has 34 heavy (non-hydrogen) atoms. The van der Waals surface area contributed by atoms with Crippen LogP contribution in [0, 0.1) is 17.8 Å². The van der Waals surface area contributed by atoms with E-state index >= 15 is 0 Å². The predicted octanol–water partition coefficient (Wildman–Crippen LogP) is 8.44. The highest BCUT2D eigenvalue weighted by Crippen LogP contribution is 2.39. The maximum atomic E-state index is 12.9. The lowest BCUT2D eigenvalue weighted by Gasteiger charge is -2.31. The maximum absolute atomic E-state index is 12.9. The van der Waals surface area contributed by atoms with E-state index in [0.717, 1.165) is 63.7 Å². The van der Waals surface area contributed by atoms with Gasteiger partial charge in [-0.05, 0) is 80.4 Å². The molecule has 2 atom stereocenters. The average molecular weight is 469 g/mol. The Labute approximate surface area is 208 Å². The van der Waals surface area contributed by atoms with Crippen molar-refractivity contribution in [1.82, 2.24) is 0 Å². The van der Waals surface area contributed by atoms with E-state index < -0.39 is 0 Å². The molecule has 0 N–H and O–H groups in total. The van der Waals surface area contributed by atoms with Crippen LogP contribution in [0.4, 0.5) is 0 Å². The third-order valence-electron chi connectivity index (χ3n) is 8.30. The minimum absolute atomic E-state index is 0.235. The molecule has 0 bridgehead atoms. The molecular weight excluding hydrogens is 420 g/mol. The Bertz CT molecular complexity index is 730. The number of hydrogen-bond donors (Lipinski definition) is 0. The van der Waals surface area contributed by atoms with Crippen molar-refractivity contribution >= 4 is 11.6 Å². The molecule has 0 saturated heterocycles. The molecule has 0 aromatic heterocycles. The normalized spacial score (nSPS) is 25.3. The van der Waals surface area contributed by atoms with E-state index in [4.69, 9.17) is 4.74 Å². The van der Waals surface area contributed by atoms with Gasteiger partial charge in [-0.2, -0.15) is 0 Å². The zero-order chi connectivity index (χ0) is 24.2. The summed E-state index contributed by atoms with van der Waals surface area (Å²) >= 11 is 0. The SMILES string of the molecule is CCCCCCOc1ccc([C@H]2CC[C@H](CC(=O)C3CCC(CCCCC)CC3=O)CC2)cc1. The van der Waals surface area contributed by atoms with Crippen LogP contribution in [0.2, 0.25) is 0 Å². The molecule has 2 aliphatic carbocycles. The van der Waals surface area contributed by atoms with Crippen LogP contribution in [0.1, 0.15) is 128 Å². The highest BCUT2D eigenvalue weighted by molar-refractivity contribution is 6.02. The standard InChI is InChI=1S/C31H48O3/c1-3-5-7-9-21-34-28-18-16-27(17-19-28)26-14-11-25(12-15-26)23-31(33)29-20-13-24(22-30(29)32)10-8-6-4-2/h16-19,24-26,29H,3-15,20-23H2,1-2H3/t24?,25-,26-,29?. The topological polar surface area (TPSA) is 43.4 Å². The first-order valence-electron chi connectivity index (χ1n) is 14.4. The first-order chi connectivity index (χ1) is 16.6. The lowest BCUT2D eigenvalue weighted by atomic mass is 9.73. The third kappa shape index (κ3) is 8.54. The molecule has 0 amide bonds. The summed E-state index contributed by atoms with van der Waals surface area (Å²) in [5, 5.41) is 0. The van der Waals surface area contributed by atoms with Gasteiger partial charge in [0.25, 0.3) is 0 Å². The van der Waals surface area contributed by atoms with Crippen molar-refractivity contribution in [3.63, 3.8) is 0 Å². The van der Waals surface area contributed by atoms with Gasteiger partial charge in [0.05, 0.1) is 12.5 Å². The number of benzene rings is 1. The molecule has 3 heteroatoms. The van der Waals surface area contributed by atoms with Gasteiger partial charge in [-0.3, -0.25) is 9.59 Å². The summed E-state index contributed by atoms with van der Waals surface area (Å²) in [5.74, 6) is 2.73. The lowest BCUT2D eigenvalue weighted by Crippen LogP contribution is -2.32. The van der Waals surface area contributed by atoms with Crippen LogP contribution in [0.3, 0.4) is 0 Å². The van der Waals surface area contributed by atoms with E-state index in [-0.39, 0.29) is 17.5 Å². The lowest BCUT2D eigenvalue weighted by molar-refractivity contribution is -0.136. The van der Waals surface area contributed by atoms with E-state index in [1.165, 1.54) is 44.1 Å². The highest BCUT2D eigenvalue weighted by atomic mass is 16.5. The fourth-order valence-corrected chi connectivity index (χ4v) is 6.04. The quantitative estimate of drug-likeness (QED) is 0.203. The minimum Gasteiger partial charge on any atom is -0.494 e. The van der Waals surface area contributed by atoms with Crippen molar-refractivity contribution in [3.05, 3.63) is 29.8 Å². The molecule has 1 aromatic carbocycles. The van der Waals surface area contributed by atoms with E-state index in [9.17, 15) is 9.59 Å². The molecule has 190 valence electrons. The summed E-state index contributed by atoms with van der Waals surface area (Å²) in [6, 6.07) is 8.70. The van der Waals surface area contributed by atoms with Gasteiger partial charge in [0.1, 0.15) is 17.3 Å². The van der Waals surface area contributed by atoms with Crippen molar-refractivity contribution in [2.45, 2.75) is 122 Å². The van der Waals surface area contributed by atoms with E-state index in [1.54, 1.807) is 0 Å². The Morgan fingerprint density at radius 1 is 0.824 bits per heavy atom. The van der Waals surface area contributed by atoms with Gasteiger partial charge in [0.2, 0.25) is 0 Å². The summed E-state index contributed by atoms with van der Waals surface area (Å²) < 4.78 is 5.89. The molecule has 0 spiro atoms. The second-order valence-corrected chi connectivity index (χ2v) is 11.0. The number of hydrogen-bond acceptors (Lipinski definition) is 3. The Hall–Kier alpha value is -1.64. The Kier molecular flexibility index (Phi) is 11.6. The fraction of sp³-hybridized carbons (Fsp3) is 0.742. The molecule has 2 aliphatic rings. The highest BCUT2D eigenvalue weighted by Gasteiger charge is 2.34. The first kappa shape index (κ1) is 27.0. The number of carbonyl (C=O) groups is 2. The van der Waals surface area contributed by atoms with Gasteiger partial charge >= 0.3 is 0 Å². The molecule has 2 fully saturated rings. The molecule has 2 unspecified atom stereocenters. The maximum Gasteiger partial charge on any atom is 0.143 e. The fourth-order valence-electron chi connectivity index (χ4n) is 6.04. The van der Waals surface area contributed by atoms with Crippen LogP contribution < -0.4 is 4.74 Å². The summed E-state index contributed by atoms with van der Waals surface area (Å²) in [6.07, 6.45) is 17.4.